The van der Waals surface area contributed by atoms with Crippen molar-refractivity contribution in [1.82, 2.24) is 24.8 Å². The van der Waals surface area contributed by atoms with Crippen LogP contribution in [-0.4, -0.2) is 43.8 Å². The maximum absolute atomic E-state index is 13.1. The number of hydrogen-bond acceptors (Lipinski definition) is 6. The fraction of sp³-hybridized carbons (Fsp3) is 0.286. The van der Waals surface area contributed by atoms with Crippen molar-refractivity contribution < 1.29 is 18.0 Å². The number of rotatable bonds is 3. The molecule has 1 amide bonds. The molecule has 164 valence electrons. The summed E-state index contributed by atoms with van der Waals surface area (Å²) < 4.78 is 40.1. The molecule has 1 fully saturated rings. The summed E-state index contributed by atoms with van der Waals surface area (Å²) in [5.41, 5.74) is 1.42. The van der Waals surface area contributed by atoms with E-state index in [-0.39, 0.29) is 17.5 Å². The number of carbonyl (C=O) groups excluding carboxylic acids is 1. The van der Waals surface area contributed by atoms with Gasteiger partial charge in [-0.2, -0.15) is 17.7 Å². The minimum atomic E-state index is -4.65. The predicted octanol–water partition coefficient (Wildman–Crippen LogP) is 3.55. The third kappa shape index (κ3) is 3.70. The van der Waals surface area contributed by atoms with Crippen LogP contribution in [0.1, 0.15) is 18.7 Å². The van der Waals surface area contributed by atoms with E-state index < -0.39 is 12.0 Å². The molecule has 11 heteroatoms. The van der Waals surface area contributed by atoms with E-state index in [2.05, 4.69) is 25.6 Å². The Kier molecular flexibility index (Phi) is 4.87. The van der Waals surface area contributed by atoms with Gasteiger partial charge in [0.2, 0.25) is 5.91 Å². The van der Waals surface area contributed by atoms with Crippen molar-refractivity contribution in [3.63, 3.8) is 0 Å². The van der Waals surface area contributed by atoms with Gasteiger partial charge in [0.05, 0.1) is 11.2 Å². The number of nitrogens with one attached hydrogen (secondary N) is 1. The first kappa shape index (κ1) is 20.2. The van der Waals surface area contributed by atoms with Crippen LogP contribution >= 0.6 is 0 Å². The van der Waals surface area contributed by atoms with Gasteiger partial charge in [-0.3, -0.25) is 9.78 Å². The Hall–Kier alpha value is -3.76. The highest BCUT2D eigenvalue weighted by Gasteiger charge is 2.38. The molecule has 4 heterocycles. The third-order valence-electron chi connectivity index (χ3n) is 5.58. The molecule has 1 N–H and O–H groups in total. The van der Waals surface area contributed by atoms with Crippen molar-refractivity contribution in [2.24, 2.45) is 5.92 Å². The molecule has 0 radical (unpaired) electrons. The number of hydrogen-bond donors (Lipinski definition) is 1. The van der Waals surface area contributed by atoms with Gasteiger partial charge in [0.25, 0.3) is 5.82 Å². The van der Waals surface area contributed by atoms with Crippen LogP contribution in [0.15, 0.2) is 48.7 Å². The summed E-state index contributed by atoms with van der Waals surface area (Å²) in [6.07, 6.45) is -1.86. The Morgan fingerprint density at radius 2 is 1.81 bits per heavy atom. The highest BCUT2D eigenvalue weighted by molar-refractivity contribution is 6.01. The van der Waals surface area contributed by atoms with Gasteiger partial charge in [-0.25, -0.2) is 0 Å². The van der Waals surface area contributed by atoms with Crippen LogP contribution in [-0.2, 0) is 11.0 Å². The van der Waals surface area contributed by atoms with Crippen molar-refractivity contribution in [3.8, 4) is 0 Å². The van der Waals surface area contributed by atoms with Gasteiger partial charge >= 0.3 is 6.18 Å². The quantitative estimate of drug-likeness (QED) is 0.523. The van der Waals surface area contributed by atoms with Crippen LogP contribution in [0.4, 0.5) is 24.7 Å². The van der Waals surface area contributed by atoms with E-state index in [1.165, 1.54) is 6.07 Å². The SMILES string of the molecule is O=C(Nc1cccc2cccnc12)C1CCN(c2ccc3nnc(C(F)(F)F)n3n2)CC1. The highest BCUT2D eigenvalue weighted by atomic mass is 19.4. The largest absolute Gasteiger partial charge is 0.453 e. The number of halogens is 3. The lowest BCUT2D eigenvalue weighted by Gasteiger charge is -2.32. The molecule has 0 aliphatic carbocycles. The second kappa shape index (κ2) is 7.74. The number of fused-ring (bicyclic) bond motifs is 2. The van der Waals surface area contributed by atoms with E-state index in [1.54, 1.807) is 12.3 Å². The van der Waals surface area contributed by atoms with Crippen LogP contribution < -0.4 is 10.2 Å². The average molecular weight is 441 g/mol. The molecule has 0 spiro atoms. The van der Waals surface area contributed by atoms with E-state index in [0.717, 1.165) is 10.9 Å². The van der Waals surface area contributed by atoms with E-state index in [4.69, 9.17) is 0 Å². The lowest BCUT2D eigenvalue weighted by molar-refractivity contribution is -0.146. The van der Waals surface area contributed by atoms with Crippen LogP contribution in [0, 0.1) is 5.92 Å². The third-order valence-corrected chi connectivity index (χ3v) is 5.58. The summed E-state index contributed by atoms with van der Waals surface area (Å²) >= 11 is 0. The van der Waals surface area contributed by atoms with E-state index in [0.29, 0.717) is 42.0 Å². The topological polar surface area (TPSA) is 88.3 Å². The van der Waals surface area contributed by atoms with Gasteiger partial charge in [-0.15, -0.1) is 15.3 Å². The normalized spacial score (nSPS) is 15.4. The monoisotopic (exact) mass is 441 g/mol. The summed E-state index contributed by atoms with van der Waals surface area (Å²) in [6.45, 7) is 0.988. The number of nitrogens with zero attached hydrogens (tertiary/aromatic N) is 6. The summed E-state index contributed by atoms with van der Waals surface area (Å²) in [6, 6.07) is 12.5. The number of anilines is 2. The van der Waals surface area contributed by atoms with Crippen LogP contribution in [0.25, 0.3) is 16.6 Å². The summed E-state index contributed by atoms with van der Waals surface area (Å²) in [5.74, 6) is -1.08. The van der Waals surface area contributed by atoms with Gasteiger partial charge in [-0.05, 0) is 37.1 Å². The first-order valence-electron chi connectivity index (χ1n) is 10.1. The Morgan fingerprint density at radius 1 is 1.03 bits per heavy atom. The van der Waals surface area contributed by atoms with Crippen LogP contribution in [0.5, 0.6) is 0 Å². The lowest BCUT2D eigenvalue weighted by Crippen LogP contribution is -2.38. The Balaban J connectivity index is 1.28. The first-order chi connectivity index (χ1) is 15.4. The average Bonchev–Trinajstić information content (AvgIpc) is 3.23. The molecule has 1 saturated heterocycles. The molecular formula is C21H18F3N7O. The summed E-state index contributed by atoms with van der Waals surface area (Å²) in [7, 11) is 0. The van der Waals surface area contributed by atoms with Crippen LogP contribution in [0.3, 0.4) is 0 Å². The fourth-order valence-electron chi connectivity index (χ4n) is 3.94. The van der Waals surface area contributed by atoms with Crippen molar-refractivity contribution in [2.45, 2.75) is 19.0 Å². The van der Waals surface area contributed by atoms with Crippen molar-refractivity contribution in [1.29, 1.82) is 0 Å². The zero-order valence-electron chi connectivity index (χ0n) is 16.8. The molecule has 0 bridgehead atoms. The molecule has 1 aliphatic rings. The standard InChI is InChI=1S/C21H18F3N7O/c22-21(23,24)20-28-27-16-6-7-17(29-31(16)20)30-11-8-14(9-12-30)19(32)26-15-5-1-3-13-4-2-10-25-18(13)15/h1-7,10,14H,8-9,11-12H2,(H,26,32). The molecule has 3 aromatic heterocycles. The number of para-hydroxylation sites is 1. The minimum Gasteiger partial charge on any atom is -0.355 e. The molecule has 32 heavy (non-hydrogen) atoms. The van der Waals surface area contributed by atoms with Crippen molar-refractivity contribution >= 4 is 34.0 Å². The Morgan fingerprint density at radius 3 is 2.59 bits per heavy atom. The number of carbonyl (C=O) groups is 1. The molecule has 0 saturated carbocycles. The number of piperidine rings is 1. The predicted molar refractivity (Wildman–Crippen MR) is 111 cm³/mol. The van der Waals surface area contributed by atoms with E-state index >= 15 is 0 Å². The molecule has 1 aliphatic heterocycles. The van der Waals surface area contributed by atoms with Gasteiger partial charge in [0.1, 0.15) is 5.82 Å². The molecule has 5 rings (SSSR count). The molecule has 4 aromatic rings. The Labute approximate surface area is 180 Å². The number of pyridine rings is 1. The minimum absolute atomic E-state index is 0.0269. The molecule has 1 aromatic carbocycles. The van der Waals surface area contributed by atoms with Crippen LogP contribution in [0.2, 0.25) is 0 Å². The maximum Gasteiger partial charge on any atom is 0.453 e. The summed E-state index contributed by atoms with van der Waals surface area (Å²) in [5, 5.41) is 14.7. The number of alkyl halides is 3. The van der Waals surface area contributed by atoms with E-state index in [1.807, 2.05) is 35.2 Å². The zero-order valence-corrected chi connectivity index (χ0v) is 16.8. The molecular weight excluding hydrogens is 423 g/mol. The van der Waals surface area contributed by atoms with Gasteiger partial charge in [0.15, 0.2) is 5.65 Å². The number of amides is 1. The molecule has 0 unspecified atom stereocenters. The van der Waals surface area contributed by atoms with E-state index in [9.17, 15) is 18.0 Å². The van der Waals surface area contributed by atoms with Crippen molar-refractivity contribution in [3.05, 3.63) is 54.5 Å². The second-order valence-corrected chi connectivity index (χ2v) is 7.61. The molecule has 0 atom stereocenters. The highest BCUT2D eigenvalue weighted by Crippen LogP contribution is 2.29. The van der Waals surface area contributed by atoms with Gasteiger partial charge in [0, 0.05) is 30.6 Å². The smallest absolute Gasteiger partial charge is 0.355 e. The summed E-state index contributed by atoms with van der Waals surface area (Å²) in [4.78, 5) is 19.0. The van der Waals surface area contributed by atoms with Gasteiger partial charge in [-0.1, -0.05) is 18.2 Å². The first-order valence-corrected chi connectivity index (χ1v) is 10.1. The maximum atomic E-state index is 13.1. The van der Waals surface area contributed by atoms with Crippen molar-refractivity contribution in [2.75, 3.05) is 23.3 Å². The number of aromatic nitrogens is 5. The zero-order chi connectivity index (χ0) is 22.3. The van der Waals surface area contributed by atoms with Gasteiger partial charge < -0.3 is 10.2 Å². The lowest BCUT2D eigenvalue weighted by atomic mass is 9.95. The number of benzene rings is 1. The molecule has 8 nitrogen and oxygen atoms in total. The Bertz CT molecular complexity index is 1290. The fourth-order valence-corrected chi connectivity index (χ4v) is 3.94. The second-order valence-electron chi connectivity index (χ2n) is 7.61.